The van der Waals surface area contributed by atoms with Crippen LogP contribution >= 0.6 is 0 Å². The zero-order valence-corrected chi connectivity index (χ0v) is 11.8. The molecule has 2 rings (SSSR count). The Bertz CT molecular complexity index is 292. The van der Waals surface area contributed by atoms with E-state index in [2.05, 4.69) is 10.6 Å². The lowest BCUT2D eigenvalue weighted by atomic mass is 9.89. The SMILES string of the molecule is COCC(C)(C)NC(=O)CC1CC2CCC(C1)N2. The molecule has 2 aliphatic rings. The molecule has 0 aliphatic carbocycles. The Morgan fingerprint density at radius 3 is 2.50 bits per heavy atom. The third-order valence-corrected chi connectivity index (χ3v) is 4.03. The molecule has 2 aliphatic heterocycles. The Hall–Kier alpha value is -0.610. The van der Waals surface area contributed by atoms with Gasteiger partial charge in [-0.15, -0.1) is 0 Å². The Balaban J connectivity index is 1.77. The minimum Gasteiger partial charge on any atom is -0.382 e. The zero-order valence-electron chi connectivity index (χ0n) is 11.8. The fourth-order valence-electron chi connectivity index (χ4n) is 3.43. The van der Waals surface area contributed by atoms with E-state index in [1.807, 2.05) is 13.8 Å². The summed E-state index contributed by atoms with van der Waals surface area (Å²) in [5.41, 5.74) is -0.266. The quantitative estimate of drug-likeness (QED) is 0.780. The standard InChI is InChI=1S/C14H26N2O2/c1-14(2,9-18-3)16-13(17)8-10-6-11-4-5-12(7-10)15-11/h10-12,15H,4-9H2,1-3H3,(H,16,17). The molecule has 0 radical (unpaired) electrons. The van der Waals surface area contributed by atoms with E-state index in [1.165, 1.54) is 12.8 Å². The minimum absolute atomic E-state index is 0.170. The third kappa shape index (κ3) is 3.69. The van der Waals surface area contributed by atoms with Crippen molar-refractivity contribution < 1.29 is 9.53 Å². The summed E-state index contributed by atoms with van der Waals surface area (Å²) in [6.45, 7) is 4.55. The van der Waals surface area contributed by atoms with E-state index in [1.54, 1.807) is 7.11 Å². The molecule has 1 amide bonds. The third-order valence-electron chi connectivity index (χ3n) is 4.03. The van der Waals surface area contributed by atoms with Gasteiger partial charge >= 0.3 is 0 Å². The highest BCUT2D eigenvalue weighted by molar-refractivity contribution is 5.77. The molecule has 18 heavy (non-hydrogen) atoms. The molecule has 2 fully saturated rings. The fourth-order valence-corrected chi connectivity index (χ4v) is 3.43. The summed E-state index contributed by atoms with van der Waals surface area (Å²) in [5.74, 6) is 0.727. The number of piperidine rings is 1. The van der Waals surface area contributed by atoms with E-state index in [9.17, 15) is 4.79 Å². The normalized spacial score (nSPS) is 31.4. The Morgan fingerprint density at radius 2 is 1.94 bits per heavy atom. The topological polar surface area (TPSA) is 50.4 Å². The molecule has 0 aromatic heterocycles. The average molecular weight is 254 g/mol. The second kappa shape index (κ2) is 5.57. The van der Waals surface area contributed by atoms with Crippen molar-refractivity contribution >= 4 is 5.91 Å². The summed E-state index contributed by atoms with van der Waals surface area (Å²) in [4.78, 5) is 12.0. The molecule has 0 spiro atoms. The predicted octanol–water partition coefficient (Wildman–Crippen LogP) is 1.45. The van der Waals surface area contributed by atoms with Crippen LogP contribution in [0.25, 0.3) is 0 Å². The van der Waals surface area contributed by atoms with Gasteiger partial charge in [0.25, 0.3) is 0 Å². The van der Waals surface area contributed by atoms with Crippen LogP contribution in [0.2, 0.25) is 0 Å². The fraction of sp³-hybridized carbons (Fsp3) is 0.929. The Labute approximate surface area is 110 Å². The van der Waals surface area contributed by atoms with Crippen molar-refractivity contribution in [2.24, 2.45) is 5.92 Å². The van der Waals surface area contributed by atoms with Crippen molar-refractivity contribution in [3.8, 4) is 0 Å². The van der Waals surface area contributed by atoms with Crippen molar-refractivity contribution in [1.82, 2.24) is 10.6 Å². The molecule has 104 valence electrons. The summed E-state index contributed by atoms with van der Waals surface area (Å²) in [5, 5.41) is 6.68. The Kier molecular flexibility index (Phi) is 4.28. The molecular weight excluding hydrogens is 228 g/mol. The number of nitrogens with one attached hydrogen (secondary N) is 2. The largest absolute Gasteiger partial charge is 0.382 e. The van der Waals surface area contributed by atoms with E-state index in [0.29, 0.717) is 31.0 Å². The van der Waals surface area contributed by atoms with Gasteiger partial charge in [-0.1, -0.05) is 0 Å². The van der Waals surface area contributed by atoms with E-state index in [4.69, 9.17) is 4.74 Å². The maximum absolute atomic E-state index is 12.0. The van der Waals surface area contributed by atoms with Crippen LogP contribution in [0.5, 0.6) is 0 Å². The van der Waals surface area contributed by atoms with Crippen LogP contribution in [-0.4, -0.2) is 37.2 Å². The molecule has 2 unspecified atom stereocenters. The van der Waals surface area contributed by atoms with Gasteiger partial charge in [-0.3, -0.25) is 4.79 Å². The summed E-state index contributed by atoms with van der Waals surface area (Å²) >= 11 is 0. The number of carbonyl (C=O) groups is 1. The summed E-state index contributed by atoms with van der Waals surface area (Å²) in [6, 6.07) is 1.32. The van der Waals surface area contributed by atoms with Gasteiger partial charge in [0.15, 0.2) is 0 Å². The second-order valence-corrected chi connectivity index (χ2v) is 6.54. The van der Waals surface area contributed by atoms with Crippen molar-refractivity contribution in [3.05, 3.63) is 0 Å². The molecular formula is C14H26N2O2. The molecule has 0 saturated carbocycles. The van der Waals surface area contributed by atoms with Crippen molar-refractivity contribution in [2.45, 2.75) is 63.6 Å². The number of hydrogen-bond donors (Lipinski definition) is 2. The minimum atomic E-state index is -0.266. The Morgan fingerprint density at radius 1 is 1.33 bits per heavy atom. The van der Waals surface area contributed by atoms with Gasteiger partial charge in [0, 0.05) is 25.6 Å². The van der Waals surface area contributed by atoms with Gasteiger partial charge < -0.3 is 15.4 Å². The average Bonchev–Trinajstić information content (AvgIpc) is 2.56. The van der Waals surface area contributed by atoms with Gasteiger partial charge in [-0.2, -0.15) is 0 Å². The molecule has 2 bridgehead atoms. The van der Waals surface area contributed by atoms with E-state index < -0.39 is 0 Å². The zero-order chi connectivity index (χ0) is 13.2. The van der Waals surface area contributed by atoms with Crippen LogP contribution in [0, 0.1) is 5.92 Å². The van der Waals surface area contributed by atoms with Gasteiger partial charge in [0.05, 0.1) is 12.1 Å². The van der Waals surface area contributed by atoms with Crippen LogP contribution in [-0.2, 0) is 9.53 Å². The highest BCUT2D eigenvalue weighted by Crippen LogP contribution is 2.32. The second-order valence-electron chi connectivity index (χ2n) is 6.54. The summed E-state index contributed by atoms with van der Waals surface area (Å²) in [7, 11) is 1.67. The lowest BCUT2D eigenvalue weighted by Gasteiger charge is -2.30. The van der Waals surface area contributed by atoms with Gasteiger partial charge in [0.2, 0.25) is 5.91 Å². The maximum atomic E-state index is 12.0. The van der Waals surface area contributed by atoms with E-state index >= 15 is 0 Å². The van der Waals surface area contributed by atoms with Gasteiger partial charge in [-0.05, 0) is 45.4 Å². The lowest BCUT2D eigenvalue weighted by Crippen LogP contribution is -2.48. The first kappa shape index (κ1) is 13.8. The maximum Gasteiger partial charge on any atom is 0.220 e. The highest BCUT2D eigenvalue weighted by atomic mass is 16.5. The molecule has 2 N–H and O–H groups in total. The van der Waals surface area contributed by atoms with Crippen LogP contribution in [0.3, 0.4) is 0 Å². The van der Waals surface area contributed by atoms with Gasteiger partial charge in [-0.25, -0.2) is 0 Å². The van der Waals surface area contributed by atoms with Crippen LogP contribution < -0.4 is 10.6 Å². The molecule has 2 heterocycles. The molecule has 0 aromatic carbocycles. The van der Waals surface area contributed by atoms with Crippen LogP contribution in [0.15, 0.2) is 0 Å². The predicted molar refractivity (Wildman–Crippen MR) is 71.4 cm³/mol. The highest BCUT2D eigenvalue weighted by Gasteiger charge is 2.34. The molecule has 2 saturated heterocycles. The van der Waals surface area contributed by atoms with E-state index in [-0.39, 0.29) is 11.4 Å². The number of amides is 1. The smallest absolute Gasteiger partial charge is 0.220 e. The lowest BCUT2D eigenvalue weighted by molar-refractivity contribution is -0.124. The van der Waals surface area contributed by atoms with E-state index in [0.717, 1.165) is 12.8 Å². The van der Waals surface area contributed by atoms with Crippen molar-refractivity contribution in [1.29, 1.82) is 0 Å². The number of ether oxygens (including phenoxy) is 1. The van der Waals surface area contributed by atoms with Crippen LogP contribution in [0.4, 0.5) is 0 Å². The molecule has 2 atom stereocenters. The monoisotopic (exact) mass is 254 g/mol. The van der Waals surface area contributed by atoms with Crippen molar-refractivity contribution in [3.63, 3.8) is 0 Å². The van der Waals surface area contributed by atoms with Crippen molar-refractivity contribution in [2.75, 3.05) is 13.7 Å². The first-order valence-electron chi connectivity index (χ1n) is 7.04. The van der Waals surface area contributed by atoms with Gasteiger partial charge in [0.1, 0.15) is 0 Å². The van der Waals surface area contributed by atoms with Crippen LogP contribution in [0.1, 0.15) is 46.0 Å². The first-order chi connectivity index (χ1) is 8.48. The molecule has 4 nitrogen and oxygen atoms in total. The first-order valence-corrected chi connectivity index (χ1v) is 7.04. The number of hydrogen-bond acceptors (Lipinski definition) is 3. The number of rotatable bonds is 5. The number of carbonyl (C=O) groups excluding carboxylic acids is 1. The molecule has 4 heteroatoms. The molecule has 0 aromatic rings. The summed E-state index contributed by atoms with van der Waals surface area (Å²) in [6.07, 6.45) is 5.57. The summed E-state index contributed by atoms with van der Waals surface area (Å²) < 4.78 is 5.12. The number of fused-ring (bicyclic) bond motifs is 2. The number of methoxy groups -OCH3 is 1.